The monoisotopic (exact) mass is 270 g/mol. The average molecular weight is 271 g/mol. The van der Waals surface area contributed by atoms with Crippen LogP contribution < -0.4 is 4.74 Å². The van der Waals surface area contributed by atoms with Crippen LogP contribution in [0.25, 0.3) is 10.6 Å². The van der Waals surface area contributed by atoms with Crippen molar-refractivity contribution >= 4 is 28.6 Å². The molecule has 2 aromatic rings. The van der Waals surface area contributed by atoms with Crippen molar-refractivity contribution in [3.05, 3.63) is 38.7 Å². The third kappa shape index (κ3) is 2.37. The maximum Gasteiger partial charge on any atom is 0.288 e. The van der Waals surface area contributed by atoms with E-state index in [0.717, 1.165) is 0 Å². The molecular formula is C10H7ClN2O3S. The van der Waals surface area contributed by atoms with Crippen LogP contribution in [0, 0.1) is 10.1 Å². The molecule has 1 aromatic carbocycles. The first-order valence-corrected chi connectivity index (χ1v) is 5.81. The van der Waals surface area contributed by atoms with Crippen molar-refractivity contribution in [2.75, 3.05) is 7.11 Å². The molecule has 88 valence electrons. The van der Waals surface area contributed by atoms with E-state index in [1.165, 1.54) is 30.6 Å². The van der Waals surface area contributed by atoms with E-state index >= 15 is 0 Å². The van der Waals surface area contributed by atoms with E-state index in [0.29, 0.717) is 16.5 Å². The summed E-state index contributed by atoms with van der Waals surface area (Å²) in [6, 6.07) is 4.58. The number of nitro groups is 1. The lowest BCUT2D eigenvalue weighted by atomic mass is 10.2. The number of benzene rings is 1. The Kier molecular flexibility index (Phi) is 3.26. The normalized spacial score (nSPS) is 10.2. The molecule has 0 saturated carbocycles. The maximum absolute atomic E-state index is 10.7. The van der Waals surface area contributed by atoms with Crippen molar-refractivity contribution in [3.63, 3.8) is 0 Å². The van der Waals surface area contributed by atoms with Crippen LogP contribution in [0.4, 0.5) is 5.69 Å². The van der Waals surface area contributed by atoms with Gasteiger partial charge in [-0.2, -0.15) is 0 Å². The summed E-state index contributed by atoms with van der Waals surface area (Å²) in [5.74, 6) is 0.489. The highest BCUT2D eigenvalue weighted by Crippen LogP contribution is 2.32. The Morgan fingerprint density at radius 2 is 2.29 bits per heavy atom. The topological polar surface area (TPSA) is 65.3 Å². The zero-order valence-corrected chi connectivity index (χ0v) is 10.3. The van der Waals surface area contributed by atoms with Crippen LogP contribution in [0.1, 0.15) is 0 Å². The SMILES string of the molecule is COc1csc(-c2ccc(Cl)c([N+](=O)[O-])c2)n1. The molecule has 0 aliphatic carbocycles. The van der Waals surface area contributed by atoms with Gasteiger partial charge in [0.2, 0.25) is 5.88 Å². The number of hydrogen-bond acceptors (Lipinski definition) is 5. The third-order valence-corrected chi connectivity index (χ3v) is 3.27. The summed E-state index contributed by atoms with van der Waals surface area (Å²) in [5, 5.41) is 13.2. The van der Waals surface area contributed by atoms with E-state index in [9.17, 15) is 10.1 Å². The van der Waals surface area contributed by atoms with Crippen LogP contribution in [0.2, 0.25) is 5.02 Å². The minimum absolute atomic E-state index is 0.113. The second kappa shape index (κ2) is 4.68. The lowest BCUT2D eigenvalue weighted by Gasteiger charge is -1.98. The highest BCUT2D eigenvalue weighted by Gasteiger charge is 2.15. The Labute approximate surface area is 106 Å². The standard InChI is InChI=1S/C10H7ClN2O3S/c1-16-9-5-17-10(12-9)6-2-3-7(11)8(4-6)13(14)15/h2-5H,1H3. The fraction of sp³-hybridized carbons (Fsp3) is 0.100. The number of rotatable bonds is 3. The molecule has 0 bridgehead atoms. The first-order valence-electron chi connectivity index (χ1n) is 4.55. The van der Waals surface area contributed by atoms with Gasteiger partial charge in [-0.25, -0.2) is 4.98 Å². The largest absolute Gasteiger partial charge is 0.480 e. The Morgan fingerprint density at radius 3 is 2.88 bits per heavy atom. The summed E-state index contributed by atoms with van der Waals surface area (Å²) >= 11 is 7.08. The van der Waals surface area contributed by atoms with Gasteiger partial charge in [0.05, 0.1) is 17.4 Å². The summed E-state index contributed by atoms with van der Waals surface area (Å²) in [4.78, 5) is 14.4. The quantitative estimate of drug-likeness (QED) is 0.633. The molecule has 0 fully saturated rings. The molecule has 7 heteroatoms. The third-order valence-electron chi connectivity index (χ3n) is 2.08. The molecule has 0 N–H and O–H groups in total. The van der Waals surface area contributed by atoms with Crippen LogP contribution in [-0.2, 0) is 0 Å². The molecule has 1 heterocycles. The summed E-state index contributed by atoms with van der Waals surface area (Å²) in [6.45, 7) is 0. The predicted octanol–water partition coefficient (Wildman–Crippen LogP) is 3.38. The number of nitrogens with zero attached hydrogens (tertiary/aromatic N) is 2. The molecule has 5 nitrogen and oxygen atoms in total. The molecular weight excluding hydrogens is 264 g/mol. The van der Waals surface area contributed by atoms with Crippen molar-refractivity contribution < 1.29 is 9.66 Å². The Bertz CT molecular complexity index is 570. The van der Waals surface area contributed by atoms with Crippen molar-refractivity contribution in [2.45, 2.75) is 0 Å². The predicted molar refractivity (Wildman–Crippen MR) is 65.8 cm³/mol. The first-order chi connectivity index (χ1) is 8.11. The Hall–Kier alpha value is -1.66. The second-order valence-corrected chi connectivity index (χ2v) is 4.38. The van der Waals surface area contributed by atoms with E-state index in [4.69, 9.17) is 16.3 Å². The summed E-state index contributed by atoms with van der Waals surface area (Å²) in [6.07, 6.45) is 0. The van der Waals surface area contributed by atoms with Crippen LogP contribution in [0.15, 0.2) is 23.6 Å². The smallest absolute Gasteiger partial charge is 0.288 e. The van der Waals surface area contributed by atoms with Crippen molar-refractivity contribution in [1.82, 2.24) is 4.98 Å². The molecule has 0 saturated heterocycles. The molecule has 0 radical (unpaired) electrons. The van der Waals surface area contributed by atoms with E-state index in [-0.39, 0.29) is 10.7 Å². The van der Waals surface area contributed by atoms with Crippen molar-refractivity contribution in [3.8, 4) is 16.5 Å². The van der Waals surface area contributed by atoms with E-state index in [1.807, 2.05) is 0 Å². The number of aromatic nitrogens is 1. The van der Waals surface area contributed by atoms with Gasteiger partial charge in [-0.1, -0.05) is 11.6 Å². The fourth-order valence-corrected chi connectivity index (χ4v) is 2.22. The van der Waals surface area contributed by atoms with Crippen molar-refractivity contribution in [1.29, 1.82) is 0 Å². The fourth-order valence-electron chi connectivity index (χ4n) is 1.27. The lowest BCUT2D eigenvalue weighted by molar-refractivity contribution is -0.384. The minimum Gasteiger partial charge on any atom is -0.480 e. The molecule has 0 aliphatic rings. The van der Waals surface area contributed by atoms with Crippen LogP contribution in [-0.4, -0.2) is 17.0 Å². The molecule has 0 unspecified atom stereocenters. The van der Waals surface area contributed by atoms with Crippen LogP contribution in [0.3, 0.4) is 0 Å². The minimum atomic E-state index is -0.517. The number of thiazole rings is 1. The second-order valence-electron chi connectivity index (χ2n) is 3.12. The zero-order chi connectivity index (χ0) is 12.4. The highest BCUT2D eigenvalue weighted by atomic mass is 35.5. The number of methoxy groups -OCH3 is 1. The van der Waals surface area contributed by atoms with Gasteiger partial charge in [-0.15, -0.1) is 11.3 Å². The summed E-state index contributed by atoms with van der Waals surface area (Å²) < 4.78 is 4.96. The summed E-state index contributed by atoms with van der Waals surface area (Å²) in [5.41, 5.74) is 0.521. The first kappa shape index (κ1) is 11.8. The Balaban J connectivity index is 2.46. The Morgan fingerprint density at radius 1 is 1.53 bits per heavy atom. The van der Waals surface area contributed by atoms with Gasteiger partial charge in [0, 0.05) is 11.6 Å². The molecule has 0 spiro atoms. The molecule has 17 heavy (non-hydrogen) atoms. The highest BCUT2D eigenvalue weighted by molar-refractivity contribution is 7.13. The summed E-state index contributed by atoms with van der Waals surface area (Å²) in [7, 11) is 1.52. The van der Waals surface area contributed by atoms with Gasteiger partial charge in [-0.3, -0.25) is 10.1 Å². The van der Waals surface area contributed by atoms with Gasteiger partial charge < -0.3 is 4.74 Å². The maximum atomic E-state index is 10.7. The average Bonchev–Trinajstić information content (AvgIpc) is 2.78. The van der Waals surface area contributed by atoms with Gasteiger partial charge in [0.15, 0.2) is 0 Å². The van der Waals surface area contributed by atoms with Gasteiger partial charge >= 0.3 is 0 Å². The lowest BCUT2D eigenvalue weighted by Crippen LogP contribution is -1.90. The molecule has 2 rings (SSSR count). The van der Waals surface area contributed by atoms with Gasteiger partial charge in [0.25, 0.3) is 5.69 Å². The van der Waals surface area contributed by atoms with Crippen LogP contribution in [0.5, 0.6) is 5.88 Å². The molecule has 1 aromatic heterocycles. The number of nitro benzene ring substituents is 1. The van der Waals surface area contributed by atoms with E-state index in [2.05, 4.69) is 4.98 Å². The molecule has 0 amide bonds. The van der Waals surface area contributed by atoms with Gasteiger partial charge in [0.1, 0.15) is 10.0 Å². The number of halogens is 1. The van der Waals surface area contributed by atoms with E-state index in [1.54, 1.807) is 11.4 Å². The van der Waals surface area contributed by atoms with Crippen molar-refractivity contribution in [2.24, 2.45) is 0 Å². The van der Waals surface area contributed by atoms with E-state index < -0.39 is 4.92 Å². The zero-order valence-electron chi connectivity index (χ0n) is 8.71. The van der Waals surface area contributed by atoms with Crippen LogP contribution >= 0.6 is 22.9 Å². The molecule has 0 aliphatic heterocycles. The number of hydrogen-bond donors (Lipinski definition) is 0. The van der Waals surface area contributed by atoms with Gasteiger partial charge in [-0.05, 0) is 12.1 Å². The molecule has 0 atom stereocenters. The number of ether oxygens (including phenoxy) is 1.